The molecular formula is C32H37BrO5. The highest BCUT2D eigenvalue weighted by molar-refractivity contribution is 9.10. The van der Waals surface area contributed by atoms with E-state index in [1.807, 2.05) is 32.1 Å². The van der Waals surface area contributed by atoms with Crippen LogP contribution in [-0.4, -0.2) is 34.7 Å². The molecule has 202 valence electrons. The zero-order valence-electron chi connectivity index (χ0n) is 22.8. The zero-order valence-corrected chi connectivity index (χ0v) is 24.4. The molecule has 2 aliphatic heterocycles. The highest BCUT2D eigenvalue weighted by Crippen LogP contribution is 2.74. The number of allylic oxidation sites excluding steroid dienone is 3. The van der Waals surface area contributed by atoms with Gasteiger partial charge in [-0.25, -0.2) is 4.79 Å². The maximum absolute atomic E-state index is 13.6. The summed E-state index contributed by atoms with van der Waals surface area (Å²) in [6.45, 7) is 12.4. The van der Waals surface area contributed by atoms with Crippen LogP contribution in [0.1, 0.15) is 83.0 Å². The quantitative estimate of drug-likeness (QED) is 0.271. The van der Waals surface area contributed by atoms with Crippen molar-refractivity contribution in [1.82, 2.24) is 0 Å². The third-order valence-electron chi connectivity index (χ3n) is 10.1. The third-order valence-corrected chi connectivity index (χ3v) is 10.6. The van der Waals surface area contributed by atoms with Crippen molar-refractivity contribution < 1.29 is 23.8 Å². The number of ketones is 1. The maximum Gasteiger partial charge on any atom is 0.338 e. The second-order valence-electron chi connectivity index (χ2n) is 12.8. The van der Waals surface area contributed by atoms with E-state index in [0.29, 0.717) is 53.4 Å². The average molecular weight is 582 g/mol. The van der Waals surface area contributed by atoms with Crippen LogP contribution in [0.5, 0.6) is 0 Å². The van der Waals surface area contributed by atoms with E-state index >= 15 is 0 Å². The highest BCUT2D eigenvalue weighted by atomic mass is 79.9. The molecule has 0 amide bonds. The molecule has 0 aromatic heterocycles. The minimum atomic E-state index is -0.943. The van der Waals surface area contributed by atoms with Gasteiger partial charge in [0.25, 0.3) is 0 Å². The molecule has 1 saturated heterocycles. The molecule has 5 nitrogen and oxygen atoms in total. The summed E-state index contributed by atoms with van der Waals surface area (Å²) in [5.41, 5.74) is 0.318. The van der Waals surface area contributed by atoms with Crippen molar-refractivity contribution in [2.24, 2.45) is 17.3 Å². The number of rotatable bonds is 5. The van der Waals surface area contributed by atoms with Gasteiger partial charge in [-0.2, -0.15) is 0 Å². The number of halogens is 1. The van der Waals surface area contributed by atoms with E-state index in [1.165, 1.54) is 12.8 Å². The summed E-state index contributed by atoms with van der Waals surface area (Å²) in [6.07, 6.45) is 9.04. The summed E-state index contributed by atoms with van der Waals surface area (Å²) >= 11 is 3.42. The first-order valence-corrected chi connectivity index (χ1v) is 14.7. The Morgan fingerprint density at radius 3 is 2.55 bits per heavy atom. The SMILES string of the molecule is C=CCC1=C[C@]2(C[C@@H](OC(=O)c3ccc(Br)cc3)C(C)(C)O2)C2=C(CC[C@@]3(CC[C@@]4(C(C)C)C[C@@H]34)O2)C1=O. The van der Waals surface area contributed by atoms with E-state index in [9.17, 15) is 9.59 Å². The van der Waals surface area contributed by atoms with Crippen LogP contribution in [-0.2, 0) is 19.0 Å². The lowest BCUT2D eigenvalue weighted by atomic mass is 9.75. The average Bonchev–Trinajstić information content (AvgIpc) is 3.48. The van der Waals surface area contributed by atoms with Gasteiger partial charge < -0.3 is 14.2 Å². The number of esters is 1. The van der Waals surface area contributed by atoms with Gasteiger partial charge in [0.05, 0.1) is 5.56 Å². The molecule has 38 heavy (non-hydrogen) atoms. The molecular weight excluding hydrogens is 544 g/mol. The fraction of sp³-hybridized carbons (Fsp3) is 0.562. The summed E-state index contributed by atoms with van der Waals surface area (Å²) < 4.78 is 20.9. The number of hydrogen-bond acceptors (Lipinski definition) is 5. The molecule has 0 bridgehead atoms. The van der Waals surface area contributed by atoms with E-state index in [1.54, 1.807) is 18.2 Å². The van der Waals surface area contributed by atoms with Crippen molar-refractivity contribution in [2.75, 3.05) is 0 Å². The zero-order chi connectivity index (χ0) is 27.1. The molecule has 5 atom stereocenters. The number of ether oxygens (including phenoxy) is 3. The van der Waals surface area contributed by atoms with Crippen LogP contribution in [0.15, 0.2) is 64.4 Å². The Hall–Kier alpha value is -2.18. The Kier molecular flexibility index (Phi) is 5.94. The molecule has 6 rings (SSSR count). The Morgan fingerprint density at radius 2 is 1.92 bits per heavy atom. The van der Waals surface area contributed by atoms with Crippen molar-refractivity contribution in [2.45, 2.75) is 95.5 Å². The second-order valence-corrected chi connectivity index (χ2v) is 13.7. The van der Waals surface area contributed by atoms with E-state index < -0.39 is 17.3 Å². The monoisotopic (exact) mass is 580 g/mol. The number of Topliss-reactive ketones (excluding diaryl/α,β-unsaturated/α-hetero) is 1. The maximum atomic E-state index is 13.6. The van der Waals surface area contributed by atoms with Gasteiger partial charge in [-0.05, 0) is 94.0 Å². The predicted molar refractivity (Wildman–Crippen MR) is 148 cm³/mol. The smallest absolute Gasteiger partial charge is 0.338 e. The van der Waals surface area contributed by atoms with Crippen molar-refractivity contribution in [3.63, 3.8) is 0 Å². The lowest BCUT2D eigenvalue weighted by molar-refractivity contribution is -0.130. The Labute approximate surface area is 233 Å². The Balaban J connectivity index is 1.34. The summed E-state index contributed by atoms with van der Waals surface area (Å²) in [5, 5.41) is 0. The summed E-state index contributed by atoms with van der Waals surface area (Å²) in [7, 11) is 0. The largest absolute Gasteiger partial charge is 0.487 e. The lowest BCUT2D eigenvalue weighted by Crippen LogP contribution is -2.47. The second kappa shape index (κ2) is 8.66. The number of carbonyl (C=O) groups excluding carboxylic acids is 2. The van der Waals surface area contributed by atoms with E-state index in [-0.39, 0.29) is 17.4 Å². The van der Waals surface area contributed by atoms with E-state index in [0.717, 1.165) is 22.9 Å². The molecule has 0 unspecified atom stereocenters. The van der Waals surface area contributed by atoms with Crippen LogP contribution in [0.25, 0.3) is 0 Å². The summed E-state index contributed by atoms with van der Waals surface area (Å²) in [6, 6.07) is 7.15. The van der Waals surface area contributed by atoms with Gasteiger partial charge in [-0.3, -0.25) is 4.79 Å². The molecule has 2 spiro atoms. The fourth-order valence-electron chi connectivity index (χ4n) is 7.80. The number of carbonyl (C=O) groups is 2. The van der Waals surface area contributed by atoms with Crippen LogP contribution >= 0.6 is 15.9 Å². The van der Waals surface area contributed by atoms with Crippen LogP contribution in [0.2, 0.25) is 0 Å². The molecule has 0 radical (unpaired) electrons. The van der Waals surface area contributed by atoms with Crippen LogP contribution in [0.4, 0.5) is 0 Å². The van der Waals surface area contributed by atoms with Gasteiger partial charge in [0, 0.05) is 28.0 Å². The molecule has 1 aromatic rings. The van der Waals surface area contributed by atoms with Gasteiger partial charge >= 0.3 is 5.97 Å². The first-order valence-electron chi connectivity index (χ1n) is 13.9. The number of fused-ring (bicyclic) bond motifs is 3. The van der Waals surface area contributed by atoms with Crippen LogP contribution in [0, 0.1) is 17.3 Å². The number of hydrogen-bond donors (Lipinski definition) is 0. The summed E-state index contributed by atoms with van der Waals surface area (Å²) in [4.78, 5) is 26.7. The van der Waals surface area contributed by atoms with Crippen molar-refractivity contribution in [3.8, 4) is 0 Å². The third kappa shape index (κ3) is 3.81. The van der Waals surface area contributed by atoms with Crippen LogP contribution < -0.4 is 0 Å². The van der Waals surface area contributed by atoms with Gasteiger partial charge in [0.15, 0.2) is 5.78 Å². The molecule has 2 saturated carbocycles. The van der Waals surface area contributed by atoms with Crippen molar-refractivity contribution >= 4 is 27.7 Å². The van der Waals surface area contributed by atoms with Crippen molar-refractivity contribution in [1.29, 1.82) is 0 Å². The first kappa shape index (κ1) is 26.1. The molecule has 6 heteroatoms. The molecule has 0 N–H and O–H groups in total. The van der Waals surface area contributed by atoms with Crippen molar-refractivity contribution in [3.05, 3.63) is 69.9 Å². The van der Waals surface area contributed by atoms with Gasteiger partial charge in [-0.15, -0.1) is 6.58 Å². The minimum absolute atomic E-state index is 0.0426. The Bertz CT molecular complexity index is 1270. The van der Waals surface area contributed by atoms with Gasteiger partial charge in [0.1, 0.15) is 28.7 Å². The molecule has 5 aliphatic rings. The molecule has 3 aliphatic carbocycles. The number of benzene rings is 1. The van der Waals surface area contributed by atoms with Gasteiger partial charge in [0.2, 0.25) is 0 Å². The van der Waals surface area contributed by atoms with Crippen LogP contribution in [0.3, 0.4) is 0 Å². The van der Waals surface area contributed by atoms with Gasteiger partial charge in [-0.1, -0.05) is 35.9 Å². The highest BCUT2D eigenvalue weighted by Gasteiger charge is 2.72. The first-order chi connectivity index (χ1) is 18.0. The molecule has 2 heterocycles. The predicted octanol–water partition coefficient (Wildman–Crippen LogP) is 7.26. The topological polar surface area (TPSA) is 61.8 Å². The normalized spacial score (nSPS) is 36.7. The Morgan fingerprint density at radius 1 is 1.18 bits per heavy atom. The van der Waals surface area contributed by atoms with E-state index in [2.05, 4.69) is 36.4 Å². The molecule has 1 aromatic carbocycles. The standard InChI is InChI=1S/C32H37BrO5/c1-6-7-21-16-32(18-25(29(4,5)38-32)36-28(35)20-8-10-22(33)11-9-20)27-23(26(21)34)12-13-31(37-27)15-14-30(19(2)3)17-24(30)31/h6,8-11,16,19,24-25H,1,7,12-15,17-18H2,2-5H3/t24-,25-,30+,31+,32+/m1/s1. The lowest BCUT2D eigenvalue weighted by Gasteiger charge is -2.45. The summed E-state index contributed by atoms with van der Waals surface area (Å²) in [5.74, 6) is 1.47. The van der Waals surface area contributed by atoms with E-state index in [4.69, 9.17) is 14.2 Å². The fourth-order valence-corrected chi connectivity index (χ4v) is 8.07. The minimum Gasteiger partial charge on any atom is -0.487 e. The molecule has 3 fully saturated rings.